The highest BCUT2D eigenvalue weighted by molar-refractivity contribution is 5.21. The number of benzene rings is 1. The van der Waals surface area contributed by atoms with E-state index in [1.165, 1.54) is 49.7 Å². The monoisotopic (exact) mass is 233 g/mol. The van der Waals surface area contributed by atoms with E-state index in [1.807, 2.05) is 0 Å². The molecule has 94 valence electrons. The van der Waals surface area contributed by atoms with Gasteiger partial charge in [0.25, 0.3) is 0 Å². The number of rotatable bonds is 4. The van der Waals surface area contributed by atoms with Gasteiger partial charge in [-0.3, -0.25) is 0 Å². The van der Waals surface area contributed by atoms with Crippen LogP contribution in [0.3, 0.4) is 0 Å². The minimum Gasteiger partial charge on any atom is -0.374 e. The van der Waals surface area contributed by atoms with Crippen molar-refractivity contribution < 1.29 is 4.74 Å². The van der Waals surface area contributed by atoms with Crippen molar-refractivity contribution in [3.8, 4) is 0 Å². The van der Waals surface area contributed by atoms with Crippen LogP contribution in [0.2, 0.25) is 0 Å². The summed E-state index contributed by atoms with van der Waals surface area (Å²) in [6.07, 6.45) is 8.37. The third kappa shape index (κ3) is 4.14. The van der Waals surface area contributed by atoms with Crippen LogP contribution >= 0.6 is 0 Å². The highest BCUT2D eigenvalue weighted by atomic mass is 16.5. The van der Waals surface area contributed by atoms with Gasteiger partial charge >= 0.3 is 0 Å². The Hall–Kier alpha value is -0.860. The van der Waals surface area contributed by atoms with Gasteiger partial charge in [-0.25, -0.2) is 0 Å². The smallest absolute Gasteiger partial charge is 0.0720 e. The highest BCUT2D eigenvalue weighted by Gasteiger charge is 2.12. The molecular formula is C15H23NO. The van der Waals surface area contributed by atoms with Gasteiger partial charge in [0, 0.05) is 6.54 Å². The summed E-state index contributed by atoms with van der Waals surface area (Å²) in [6, 6.07) is 8.43. The molecule has 2 rings (SSSR count). The molecule has 0 spiro atoms. The average Bonchev–Trinajstić information content (AvgIpc) is 2.65. The van der Waals surface area contributed by atoms with Crippen molar-refractivity contribution in [1.29, 1.82) is 0 Å². The van der Waals surface area contributed by atoms with Crippen LogP contribution in [0.1, 0.15) is 49.7 Å². The molecule has 2 nitrogen and oxygen atoms in total. The first kappa shape index (κ1) is 12.6. The van der Waals surface area contributed by atoms with Crippen LogP contribution in [0.25, 0.3) is 0 Å². The fourth-order valence-corrected chi connectivity index (χ4v) is 2.39. The van der Waals surface area contributed by atoms with Crippen LogP contribution in [0.15, 0.2) is 24.3 Å². The van der Waals surface area contributed by atoms with Crippen molar-refractivity contribution in [2.45, 2.75) is 57.8 Å². The van der Waals surface area contributed by atoms with Gasteiger partial charge in [0.05, 0.1) is 12.7 Å². The molecule has 1 fully saturated rings. The third-order valence-electron chi connectivity index (χ3n) is 3.55. The van der Waals surface area contributed by atoms with Crippen LogP contribution in [0, 0.1) is 0 Å². The second-order valence-corrected chi connectivity index (χ2v) is 4.95. The lowest BCUT2D eigenvalue weighted by Gasteiger charge is -2.15. The molecule has 1 saturated carbocycles. The Morgan fingerprint density at radius 3 is 2.12 bits per heavy atom. The van der Waals surface area contributed by atoms with Gasteiger partial charge in [-0.15, -0.1) is 0 Å². The summed E-state index contributed by atoms with van der Waals surface area (Å²) in [4.78, 5) is 0. The Morgan fingerprint density at radius 2 is 1.53 bits per heavy atom. The summed E-state index contributed by atoms with van der Waals surface area (Å²) in [7, 11) is 0. The molecule has 0 aromatic heterocycles. The van der Waals surface area contributed by atoms with Gasteiger partial charge in [-0.1, -0.05) is 49.9 Å². The second-order valence-electron chi connectivity index (χ2n) is 4.95. The molecule has 0 bridgehead atoms. The lowest BCUT2D eigenvalue weighted by Crippen LogP contribution is -2.11. The number of nitrogens with two attached hydrogens (primary N) is 1. The van der Waals surface area contributed by atoms with E-state index in [1.54, 1.807) is 0 Å². The Labute approximate surface area is 104 Å². The summed E-state index contributed by atoms with van der Waals surface area (Å²) in [5, 5.41) is 0. The molecule has 0 atom stereocenters. The SMILES string of the molecule is NCc1ccc(COC2CCCCCC2)cc1. The summed E-state index contributed by atoms with van der Waals surface area (Å²) < 4.78 is 5.99. The van der Waals surface area contributed by atoms with Gasteiger partial charge in [0.2, 0.25) is 0 Å². The van der Waals surface area contributed by atoms with Crippen LogP contribution in [0.4, 0.5) is 0 Å². The normalized spacial score (nSPS) is 17.9. The highest BCUT2D eigenvalue weighted by Crippen LogP contribution is 2.20. The Kier molecular flexibility index (Phi) is 5.02. The lowest BCUT2D eigenvalue weighted by molar-refractivity contribution is 0.0310. The minimum atomic E-state index is 0.478. The molecule has 2 heteroatoms. The molecule has 0 saturated heterocycles. The molecule has 0 heterocycles. The molecule has 2 N–H and O–H groups in total. The van der Waals surface area contributed by atoms with E-state index in [2.05, 4.69) is 24.3 Å². The minimum absolute atomic E-state index is 0.478. The maximum Gasteiger partial charge on any atom is 0.0720 e. The lowest BCUT2D eigenvalue weighted by atomic mass is 10.1. The summed E-state index contributed by atoms with van der Waals surface area (Å²) >= 11 is 0. The van der Waals surface area contributed by atoms with Crippen molar-refractivity contribution in [3.63, 3.8) is 0 Å². The zero-order valence-electron chi connectivity index (χ0n) is 10.5. The second kappa shape index (κ2) is 6.77. The van der Waals surface area contributed by atoms with Gasteiger partial charge in [0.1, 0.15) is 0 Å². The first-order chi connectivity index (χ1) is 8.38. The van der Waals surface area contributed by atoms with E-state index >= 15 is 0 Å². The number of ether oxygens (including phenoxy) is 1. The first-order valence-corrected chi connectivity index (χ1v) is 6.78. The zero-order valence-corrected chi connectivity index (χ0v) is 10.5. The Bertz CT molecular complexity index is 312. The zero-order chi connectivity index (χ0) is 11.9. The van der Waals surface area contributed by atoms with Gasteiger partial charge in [-0.2, -0.15) is 0 Å². The van der Waals surface area contributed by atoms with E-state index in [0.717, 1.165) is 6.61 Å². The van der Waals surface area contributed by atoms with Crippen molar-refractivity contribution in [3.05, 3.63) is 35.4 Å². The van der Waals surface area contributed by atoms with Crippen molar-refractivity contribution in [2.24, 2.45) is 5.73 Å². The van der Waals surface area contributed by atoms with Gasteiger partial charge < -0.3 is 10.5 Å². The van der Waals surface area contributed by atoms with Crippen LogP contribution in [0.5, 0.6) is 0 Å². The van der Waals surface area contributed by atoms with Crippen molar-refractivity contribution in [1.82, 2.24) is 0 Å². The molecule has 1 aromatic rings. The number of hydrogen-bond donors (Lipinski definition) is 1. The predicted molar refractivity (Wildman–Crippen MR) is 70.6 cm³/mol. The molecule has 1 aromatic carbocycles. The van der Waals surface area contributed by atoms with Gasteiger partial charge in [-0.05, 0) is 24.0 Å². The topological polar surface area (TPSA) is 35.2 Å². The fourth-order valence-electron chi connectivity index (χ4n) is 2.39. The van der Waals surface area contributed by atoms with Crippen molar-refractivity contribution >= 4 is 0 Å². The van der Waals surface area contributed by atoms with E-state index in [0.29, 0.717) is 12.6 Å². The van der Waals surface area contributed by atoms with E-state index in [-0.39, 0.29) is 0 Å². The molecule has 0 radical (unpaired) electrons. The number of hydrogen-bond acceptors (Lipinski definition) is 2. The largest absolute Gasteiger partial charge is 0.374 e. The maximum absolute atomic E-state index is 5.99. The van der Waals surface area contributed by atoms with E-state index in [4.69, 9.17) is 10.5 Å². The van der Waals surface area contributed by atoms with Crippen LogP contribution in [-0.2, 0) is 17.9 Å². The Morgan fingerprint density at radius 1 is 0.941 bits per heavy atom. The molecule has 0 aliphatic heterocycles. The van der Waals surface area contributed by atoms with Crippen LogP contribution < -0.4 is 5.73 Å². The van der Waals surface area contributed by atoms with Crippen LogP contribution in [-0.4, -0.2) is 6.10 Å². The third-order valence-corrected chi connectivity index (χ3v) is 3.55. The van der Waals surface area contributed by atoms with Crippen molar-refractivity contribution in [2.75, 3.05) is 0 Å². The first-order valence-electron chi connectivity index (χ1n) is 6.78. The quantitative estimate of drug-likeness (QED) is 0.809. The summed E-state index contributed by atoms with van der Waals surface area (Å²) in [5.74, 6) is 0. The van der Waals surface area contributed by atoms with E-state index < -0.39 is 0 Å². The molecule has 1 aliphatic rings. The fraction of sp³-hybridized carbons (Fsp3) is 0.600. The molecule has 0 amide bonds. The predicted octanol–water partition coefficient (Wildman–Crippen LogP) is 3.38. The molecule has 17 heavy (non-hydrogen) atoms. The average molecular weight is 233 g/mol. The van der Waals surface area contributed by atoms with Gasteiger partial charge in [0.15, 0.2) is 0 Å². The Balaban J connectivity index is 1.79. The molecule has 1 aliphatic carbocycles. The maximum atomic E-state index is 5.99. The standard InChI is InChI=1S/C15H23NO/c16-11-13-7-9-14(10-8-13)12-17-15-5-3-1-2-4-6-15/h7-10,15H,1-6,11-12,16H2. The molecule has 0 unspecified atom stereocenters. The van der Waals surface area contributed by atoms with E-state index in [9.17, 15) is 0 Å². The molecular weight excluding hydrogens is 210 g/mol. The summed E-state index contributed by atoms with van der Waals surface area (Å²) in [5.41, 5.74) is 8.02. The summed E-state index contributed by atoms with van der Waals surface area (Å²) in [6.45, 7) is 1.36.